The lowest BCUT2D eigenvalue weighted by Gasteiger charge is -2.26. The molecule has 4 nitrogen and oxygen atoms in total. The van der Waals surface area contributed by atoms with E-state index in [2.05, 4.69) is 55.4 Å². The van der Waals surface area contributed by atoms with Gasteiger partial charge in [0, 0.05) is 5.41 Å². The zero-order valence-corrected chi connectivity index (χ0v) is 26.4. The number of benzene rings is 4. The molecule has 218 valence electrons. The highest BCUT2D eigenvalue weighted by Gasteiger charge is 2.24. The molecule has 0 radical (unpaired) electrons. The molecule has 0 atom stereocenters. The Labute approximate surface area is 247 Å². The van der Waals surface area contributed by atoms with Gasteiger partial charge in [0.2, 0.25) is 9.84 Å². The van der Waals surface area contributed by atoms with E-state index in [0.717, 1.165) is 29.0 Å². The van der Waals surface area contributed by atoms with Crippen molar-refractivity contribution in [2.45, 2.75) is 82.4 Å². The van der Waals surface area contributed by atoms with Crippen molar-refractivity contribution < 1.29 is 18.3 Å². The molecule has 0 spiro atoms. The molecule has 0 aliphatic carbocycles. The standard InChI is InChI=1S/C32H34O4S.C4H10/c1-6-31(2,3)23-11-19-29(20-12-23)37(34,35)30-21-17-28(18-22-30)36-27-15-9-25(10-16-27)32(4,5)24-7-13-26(33)14-8-24;1-4(2)3/h7-22,33H,6H2,1-5H3;4H,1-3H3. The number of ether oxygens (including phenoxy) is 1. The second kappa shape index (κ2) is 12.9. The summed E-state index contributed by atoms with van der Waals surface area (Å²) in [5, 5.41) is 9.58. The molecule has 0 saturated heterocycles. The topological polar surface area (TPSA) is 63.6 Å². The first-order chi connectivity index (χ1) is 19.2. The Morgan fingerprint density at radius 2 is 0.976 bits per heavy atom. The molecule has 0 unspecified atom stereocenters. The lowest BCUT2D eigenvalue weighted by Crippen LogP contribution is -2.18. The number of hydrogen-bond acceptors (Lipinski definition) is 4. The predicted molar refractivity (Wildman–Crippen MR) is 169 cm³/mol. The maximum Gasteiger partial charge on any atom is 0.206 e. The summed E-state index contributed by atoms with van der Waals surface area (Å²) in [6.45, 7) is 17.2. The summed E-state index contributed by atoms with van der Waals surface area (Å²) in [6.07, 6.45) is 0.972. The average molecular weight is 573 g/mol. The van der Waals surface area contributed by atoms with E-state index in [4.69, 9.17) is 4.74 Å². The van der Waals surface area contributed by atoms with Gasteiger partial charge < -0.3 is 9.84 Å². The van der Waals surface area contributed by atoms with Gasteiger partial charge in [-0.1, -0.05) is 91.8 Å². The Hall–Kier alpha value is -3.57. The van der Waals surface area contributed by atoms with Crippen LogP contribution >= 0.6 is 0 Å². The molecular formula is C36H44O4S. The van der Waals surface area contributed by atoms with Crippen molar-refractivity contribution in [2.75, 3.05) is 0 Å². The number of phenolic OH excluding ortho intramolecular Hbond substituents is 1. The van der Waals surface area contributed by atoms with E-state index in [-0.39, 0.29) is 26.4 Å². The molecule has 5 heteroatoms. The molecule has 4 rings (SSSR count). The van der Waals surface area contributed by atoms with E-state index in [1.807, 2.05) is 48.5 Å². The molecule has 0 aliphatic heterocycles. The molecule has 0 saturated carbocycles. The molecule has 0 aromatic heterocycles. The van der Waals surface area contributed by atoms with Crippen LogP contribution in [0.2, 0.25) is 0 Å². The minimum absolute atomic E-state index is 0.000757. The highest BCUT2D eigenvalue weighted by molar-refractivity contribution is 7.91. The quantitative estimate of drug-likeness (QED) is 0.228. The maximum atomic E-state index is 13.1. The summed E-state index contributed by atoms with van der Waals surface area (Å²) in [5.41, 5.74) is 3.09. The summed E-state index contributed by atoms with van der Waals surface area (Å²) in [4.78, 5) is 0.511. The zero-order chi connectivity index (χ0) is 30.4. The maximum absolute atomic E-state index is 13.1. The van der Waals surface area contributed by atoms with Crippen molar-refractivity contribution in [1.29, 1.82) is 0 Å². The molecule has 4 aromatic carbocycles. The summed E-state index contributed by atoms with van der Waals surface area (Å²) in [6, 6.07) is 28.8. The van der Waals surface area contributed by atoms with Crippen molar-refractivity contribution in [1.82, 2.24) is 0 Å². The van der Waals surface area contributed by atoms with E-state index in [1.165, 1.54) is 0 Å². The minimum atomic E-state index is -3.62. The summed E-state index contributed by atoms with van der Waals surface area (Å²) >= 11 is 0. The van der Waals surface area contributed by atoms with Crippen LogP contribution in [0.4, 0.5) is 0 Å². The van der Waals surface area contributed by atoms with Crippen LogP contribution in [0.3, 0.4) is 0 Å². The normalized spacial score (nSPS) is 12.0. The third-order valence-electron chi connectivity index (χ3n) is 7.36. The average Bonchev–Trinajstić information content (AvgIpc) is 2.94. The van der Waals surface area contributed by atoms with Crippen molar-refractivity contribution in [3.8, 4) is 17.2 Å². The van der Waals surface area contributed by atoms with E-state index >= 15 is 0 Å². The number of aromatic hydroxyl groups is 1. The fourth-order valence-electron chi connectivity index (χ4n) is 4.23. The highest BCUT2D eigenvalue weighted by atomic mass is 32.2. The van der Waals surface area contributed by atoms with Gasteiger partial charge in [-0.05, 0) is 95.1 Å². The molecule has 0 bridgehead atoms. The SMILES string of the molecule is CC(C)C.CCC(C)(C)c1ccc(S(=O)(=O)c2ccc(Oc3ccc(C(C)(C)c4ccc(O)cc4)cc3)cc2)cc1. The van der Waals surface area contributed by atoms with Crippen LogP contribution in [0.1, 0.15) is 78.5 Å². The molecule has 0 aliphatic rings. The molecule has 0 heterocycles. The van der Waals surface area contributed by atoms with Crippen LogP contribution in [0.5, 0.6) is 17.2 Å². The predicted octanol–water partition coefficient (Wildman–Crippen LogP) is 9.69. The second-order valence-electron chi connectivity index (χ2n) is 12.3. The van der Waals surface area contributed by atoms with Crippen molar-refractivity contribution in [3.05, 3.63) is 114 Å². The third-order valence-corrected chi connectivity index (χ3v) is 9.15. The van der Waals surface area contributed by atoms with Gasteiger partial charge in [-0.2, -0.15) is 0 Å². The first kappa shape index (κ1) is 32.0. The van der Waals surface area contributed by atoms with Crippen LogP contribution in [0, 0.1) is 5.92 Å². The zero-order valence-electron chi connectivity index (χ0n) is 25.6. The lowest BCUT2D eigenvalue weighted by molar-refractivity contribution is 0.474. The molecule has 41 heavy (non-hydrogen) atoms. The van der Waals surface area contributed by atoms with Gasteiger partial charge in [-0.3, -0.25) is 0 Å². The van der Waals surface area contributed by atoms with E-state index < -0.39 is 9.84 Å². The van der Waals surface area contributed by atoms with Crippen molar-refractivity contribution in [3.63, 3.8) is 0 Å². The fourth-order valence-corrected chi connectivity index (χ4v) is 5.49. The third kappa shape index (κ3) is 8.01. The van der Waals surface area contributed by atoms with Gasteiger partial charge in [0.15, 0.2) is 0 Å². The molecule has 0 fully saturated rings. The molecular weight excluding hydrogens is 528 g/mol. The van der Waals surface area contributed by atoms with Crippen molar-refractivity contribution >= 4 is 9.84 Å². The van der Waals surface area contributed by atoms with Gasteiger partial charge in [-0.15, -0.1) is 0 Å². The first-order valence-electron chi connectivity index (χ1n) is 14.2. The van der Waals surface area contributed by atoms with Crippen LogP contribution in [-0.2, 0) is 20.7 Å². The number of rotatable bonds is 8. The second-order valence-corrected chi connectivity index (χ2v) is 14.2. The van der Waals surface area contributed by atoms with Gasteiger partial charge in [0.05, 0.1) is 9.79 Å². The summed E-state index contributed by atoms with van der Waals surface area (Å²) in [5.74, 6) is 2.30. The van der Waals surface area contributed by atoms with Gasteiger partial charge in [0.25, 0.3) is 0 Å². The first-order valence-corrected chi connectivity index (χ1v) is 15.7. The largest absolute Gasteiger partial charge is 0.508 e. The van der Waals surface area contributed by atoms with E-state index in [9.17, 15) is 13.5 Å². The number of sulfone groups is 1. The molecule has 0 amide bonds. The Kier molecular flexibility index (Phi) is 10.1. The van der Waals surface area contributed by atoms with E-state index in [1.54, 1.807) is 48.5 Å². The Bertz CT molecular complexity index is 1490. The van der Waals surface area contributed by atoms with Gasteiger partial charge in [0.1, 0.15) is 17.2 Å². The van der Waals surface area contributed by atoms with Crippen LogP contribution in [-0.4, -0.2) is 13.5 Å². The van der Waals surface area contributed by atoms with Crippen LogP contribution < -0.4 is 4.74 Å². The van der Waals surface area contributed by atoms with Crippen LogP contribution in [0.15, 0.2) is 107 Å². The van der Waals surface area contributed by atoms with Gasteiger partial charge >= 0.3 is 0 Å². The number of phenols is 1. The smallest absolute Gasteiger partial charge is 0.206 e. The molecule has 1 N–H and O–H groups in total. The van der Waals surface area contributed by atoms with Gasteiger partial charge in [-0.25, -0.2) is 8.42 Å². The van der Waals surface area contributed by atoms with Crippen molar-refractivity contribution in [2.24, 2.45) is 5.92 Å². The highest BCUT2D eigenvalue weighted by Crippen LogP contribution is 2.34. The minimum Gasteiger partial charge on any atom is -0.508 e. The fraction of sp³-hybridized carbons (Fsp3) is 0.333. The summed E-state index contributed by atoms with van der Waals surface area (Å²) in [7, 11) is -3.62. The Balaban J connectivity index is 0.00000108. The van der Waals surface area contributed by atoms with Crippen LogP contribution in [0.25, 0.3) is 0 Å². The summed E-state index contributed by atoms with van der Waals surface area (Å²) < 4.78 is 32.3. The number of hydrogen-bond donors (Lipinski definition) is 1. The Morgan fingerprint density at radius 1 is 0.634 bits per heavy atom. The monoisotopic (exact) mass is 572 g/mol. The molecule has 4 aromatic rings. The lowest BCUT2D eigenvalue weighted by atomic mass is 9.78. The Morgan fingerprint density at radius 3 is 1.39 bits per heavy atom. The van der Waals surface area contributed by atoms with E-state index in [0.29, 0.717) is 11.5 Å².